The summed E-state index contributed by atoms with van der Waals surface area (Å²) in [6.07, 6.45) is 0.829. The highest BCUT2D eigenvalue weighted by atomic mass is 16.5. The molecule has 0 aliphatic heterocycles. The number of anilines is 1. The molecule has 2 rings (SSSR count). The summed E-state index contributed by atoms with van der Waals surface area (Å²) in [5.74, 6) is -0.472. The molecule has 2 aromatic carbocycles. The number of Topliss-reactive ketones (excluding diaryl/α,β-unsaturated/α-hetero) is 1. The Bertz CT molecular complexity index is 783. The summed E-state index contributed by atoms with van der Waals surface area (Å²) >= 11 is 0. The number of hydrogen-bond donors (Lipinski definition) is 2. The number of ether oxygens (including phenoxy) is 1. The molecule has 26 heavy (non-hydrogen) atoms. The van der Waals surface area contributed by atoms with Crippen LogP contribution in [-0.4, -0.2) is 29.9 Å². The van der Waals surface area contributed by atoms with E-state index in [1.165, 1.54) is 0 Å². The lowest BCUT2D eigenvalue weighted by Crippen LogP contribution is -2.12. The molecule has 0 aromatic heterocycles. The van der Waals surface area contributed by atoms with Crippen molar-refractivity contribution in [1.82, 2.24) is 0 Å². The standard InChI is InChI=1S/C20H21NO5/c1-26-17-10-8-15(9-11-17)18(22)6-3-7-19(23)21-16-5-2-4-14(12-16)13-20(24)25/h2,4-5,8-12H,3,6-7,13H2,1H3,(H,21,23)(H,24,25). The van der Waals surface area contributed by atoms with Crippen molar-refractivity contribution in [3.63, 3.8) is 0 Å². The second-order valence-electron chi connectivity index (χ2n) is 5.82. The lowest BCUT2D eigenvalue weighted by molar-refractivity contribution is -0.136. The molecule has 0 radical (unpaired) electrons. The van der Waals surface area contributed by atoms with Gasteiger partial charge in [-0.2, -0.15) is 0 Å². The number of carboxylic acid groups (broad SMARTS) is 1. The van der Waals surface area contributed by atoms with Crippen LogP contribution in [0.1, 0.15) is 35.2 Å². The third kappa shape index (κ3) is 6.05. The SMILES string of the molecule is COc1ccc(C(=O)CCCC(=O)Nc2cccc(CC(=O)O)c2)cc1. The van der Waals surface area contributed by atoms with E-state index in [2.05, 4.69) is 5.32 Å². The van der Waals surface area contributed by atoms with Gasteiger partial charge in [-0.15, -0.1) is 0 Å². The van der Waals surface area contributed by atoms with Gasteiger partial charge in [0.1, 0.15) is 5.75 Å². The fourth-order valence-electron chi connectivity index (χ4n) is 2.49. The van der Waals surface area contributed by atoms with Crippen LogP contribution in [0.15, 0.2) is 48.5 Å². The van der Waals surface area contributed by atoms with Gasteiger partial charge in [0.05, 0.1) is 13.5 Å². The smallest absolute Gasteiger partial charge is 0.307 e. The second-order valence-corrected chi connectivity index (χ2v) is 5.82. The van der Waals surface area contributed by atoms with Gasteiger partial charge < -0.3 is 15.2 Å². The summed E-state index contributed by atoms with van der Waals surface area (Å²) in [6, 6.07) is 13.6. The molecular weight excluding hydrogens is 334 g/mol. The Morgan fingerprint density at radius 2 is 1.77 bits per heavy atom. The second kappa shape index (κ2) is 9.36. The van der Waals surface area contributed by atoms with Crippen LogP contribution >= 0.6 is 0 Å². The zero-order chi connectivity index (χ0) is 18.9. The van der Waals surface area contributed by atoms with Gasteiger partial charge in [0.25, 0.3) is 0 Å². The van der Waals surface area contributed by atoms with Crippen LogP contribution < -0.4 is 10.1 Å². The Hall–Kier alpha value is -3.15. The third-order valence-corrected chi connectivity index (χ3v) is 3.79. The first-order chi connectivity index (χ1) is 12.5. The monoisotopic (exact) mass is 355 g/mol. The van der Waals surface area contributed by atoms with Gasteiger partial charge in [-0.1, -0.05) is 12.1 Å². The average molecular weight is 355 g/mol. The maximum Gasteiger partial charge on any atom is 0.307 e. The molecule has 0 bridgehead atoms. The number of methoxy groups -OCH3 is 1. The predicted molar refractivity (Wildman–Crippen MR) is 97.6 cm³/mol. The number of rotatable bonds is 9. The molecule has 0 aliphatic rings. The van der Waals surface area contributed by atoms with Gasteiger partial charge in [0.15, 0.2) is 5.78 Å². The van der Waals surface area contributed by atoms with Crippen molar-refractivity contribution in [2.45, 2.75) is 25.7 Å². The van der Waals surface area contributed by atoms with Crippen LogP contribution in [0.4, 0.5) is 5.69 Å². The van der Waals surface area contributed by atoms with Crippen molar-refractivity contribution in [3.05, 3.63) is 59.7 Å². The molecule has 0 fully saturated rings. The van der Waals surface area contributed by atoms with E-state index in [4.69, 9.17) is 9.84 Å². The first-order valence-corrected chi connectivity index (χ1v) is 8.26. The zero-order valence-electron chi connectivity index (χ0n) is 14.5. The number of carbonyl (C=O) groups is 3. The number of nitrogens with one attached hydrogen (secondary N) is 1. The van der Waals surface area contributed by atoms with Crippen molar-refractivity contribution in [2.75, 3.05) is 12.4 Å². The van der Waals surface area contributed by atoms with Crippen molar-refractivity contribution < 1.29 is 24.2 Å². The summed E-state index contributed by atoms with van der Waals surface area (Å²) < 4.78 is 5.05. The van der Waals surface area contributed by atoms with Gasteiger partial charge in [-0.3, -0.25) is 14.4 Å². The summed E-state index contributed by atoms with van der Waals surface area (Å²) in [6.45, 7) is 0. The normalized spacial score (nSPS) is 10.2. The van der Waals surface area contributed by atoms with Crippen LogP contribution in [0.3, 0.4) is 0 Å². The molecule has 2 aromatic rings. The maximum absolute atomic E-state index is 12.1. The molecule has 0 heterocycles. The quantitative estimate of drug-likeness (QED) is 0.673. The molecule has 0 atom stereocenters. The molecule has 0 unspecified atom stereocenters. The Morgan fingerprint density at radius 3 is 2.42 bits per heavy atom. The summed E-state index contributed by atoms with van der Waals surface area (Å²) in [4.78, 5) is 34.8. The molecular formula is C20H21NO5. The molecule has 0 saturated carbocycles. The molecule has 0 spiro atoms. The number of ketones is 1. The molecule has 136 valence electrons. The Kier molecular flexibility index (Phi) is 6.91. The van der Waals surface area contributed by atoms with E-state index in [1.807, 2.05) is 0 Å². The summed E-state index contributed by atoms with van der Waals surface area (Å²) in [7, 11) is 1.56. The number of carboxylic acids is 1. The minimum absolute atomic E-state index is 0.0242. The lowest BCUT2D eigenvalue weighted by atomic mass is 10.1. The van der Waals surface area contributed by atoms with Crippen LogP contribution in [0, 0.1) is 0 Å². The first-order valence-electron chi connectivity index (χ1n) is 8.26. The van der Waals surface area contributed by atoms with E-state index in [1.54, 1.807) is 55.6 Å². The van der Waals surface area contributed by atoms with Crippen LogP contribution in [0.25, 0.3) is 0 Å². The zero-order valence-corrected chi connectivity index (χ0v) is 14.5. The highest BCUT2D eigenvalue weighted by Crippen LogP contribution is 2.15. The lowest BCUT2D eigenvalue weighted by Gasteiger charge is -2.07. The highest BCUT2D eigenvalue weighted by molar-refractivity contribution is 5.97. The van der Waals surface area contributed by atoms with Gasteiger partial charge in [-0.05, 0) is 48.4 Å². The topological polar surface area (TPSA) is 92.7 Å². The van der Waals surface area contributed by atoms with Crippen molar-refractivity contribution >= 4 is 23.3 Å². The van der Waals surface area contributed by atoms with Crippen molar-refractivity contribution in [1.29, 1.82) is 0 Å². The molecule has 2 N–H and O–H groups in total. The van der Waals surface area contributed by atoms with E-state index < -0.39 is 5.97 Å². The first kappa shape index (κ1) is 19.2. The number of benzene rings is 2. The van der Waals surface area contributed by atoms with Crippen LogP contribution in [0.2, 0.25) is 0 Å². The highest BCUT2D eigenvalue weighted by Gasteiger charge is 2.09. The van der Waals surface area contributed by atoms with Crippen LogP contribution in [-0.2, 0) is 16.0 Å². The molecule has 1 amide bonds. The van der Waals surface area contributed by atoms with E-state index in [0.29, 0.717) is 29.0 Å². The fraction of sp³-hybridized carbons (Fsp3) is 0.250. The summed E-state index contributed by atoms with van der Waals surface area (Å²) in [5, 5.41) is 11.5. The molecule has 6 heteroatoms. The Balaban J connectivity index is 1.79. The van der Waals surface area contributed by atoms with Gasteiger partial charge in [0.2, 0.25) is 5.91 Å². The van der Waals surface area contributed by atoms with Crippen molar-refractivity contribution in [3.8, 4) is 5.75 Å². The third-order valence-electron chi connectivity index (χ3n) is 3.79. The van der Waals surface area contributed by atoms with Crippen LogP contribution in [0.5, 0.6) is 5.75 Å². The van der Waals surface area contributed by atoms with E-state index in [0.717, 1.165) is 0 Å². The van der Waals surface area contributed by atoms with Gasteiger partial charge in [0, 0.05) is 24.1 Å². The predicted octanol–water partition coefficient (Wildman–Crippen LogP) is 3.31. The molecule has 6 nitrogen and oxygen atoms in total. The molecule has 0 aliphatic carbocycles. The Morgan fingerprint density at radius 1 is 1.04 bits per heavy atom. The maximum atomic E-state index is 12.1. The van der Waals surface area contributed by atoms with E-state index in [9.17, 15) is 14.4 Å². The number of hydrogen-bond acceptors (Lipinski definition) is 4. The largest absolute Gasteiger partial charge is 0.497 e. The minimum Gasteiger partial charge on any atom is -0.497 e. The van der Waals surface area contributed by atoms with E-state index >= 15 is 0 Å². The minimum atomic E-state index is -0.925. The number of aliphatic carboxylic acids is 1. The average Bonchev–Trinajstić information content (AvgIpc) is 2.61. The number of amides is 1. The van der Waals surface area contributed by atoms with Gasteiger partial charge in [-0.25, -0.2) is 0 Å². The molecule has 0 saturated heterocycles. The van der Waals surface area contributed by atoms with E-state index in [-0.39, 0.29) is 31.0 Å². The van der Waals surface area contributed by atoms with Gasteiger partial charge >= 0.3 is 5.97 Å². The van der Waals surface area contributed by atoms with Crippen molar-refractivity contribution in [2.24, 2.45) is 0 Å². The Labute approximate surface area is 151 Å². The summed E-state index contributed by atoms with van der Waals surface area (Å²) in [5.41, 5.74) is 1.76. The fourth-order valence-corrected chi connectivity index (χ4v) is 2.49. The number of carbonyl (C=O) groups excluding carboxylic acids is 2.